The quantitative estimate of drug-likeness (QED) is 0.476. The molecular weight excluding hydrogens is 255 g/mol. The zero-order valence-electron chi connectivity index (χ0n) is 8.95. The van der Waals surface area contributed by atoms with E-state index in [1.165, 1.54) is 13.2 Å². The van der Waals surface area contributed by atoms with E-state index in [2.05, 4.69) is 14.7 Å². The highest BCUT2D eigenvalue weighted by Crippen LogP contribution is 2.21. The monoisotopic (exact) mass is 264 g/mol. The Hall–Kier alpha value is -1.07. The fraction of sp³-hybridized carbons (Fsp3) is 0.444. The predicted octanol–water partition coefficient (Wildman–Crippen LogP) is 2.11. The molecule has 1 aromatic heterocycles. The molecule has 0 saturated heterocycles. The van der Waals surface area contributed by atoms with Gasteiger partial charge >= 0.3 is 5.97 Å². The molecule has 0 aliphatic rings. The van der Waals surface area contributed by atoms with E-state index < -0.39 is 11.6 Å². The lowest BCUT2D eigenvalue weighted by Crippen LogP contribution is -2.39. The van der Waals surface area contributed by atoms with Crippen LogP contribution in [-0.2, 0) is 9.53 Å². The number of ether oxygens (including phenoxy) is 2. The minimum absolute atomic E-state index is 0.0526. The molecule has 0 N–H and O–H groups in total. The van der Waals surface area contributed by atoms with Gasteiger partial charge in [0.1, 0.15) is 5.15 Å². The lowest BCUT2D eigenvalue weighted by molar-refractivity contribution is -0.156. The number of rotatable bonds is 3. The number of carbonyl (C=O) groups is 1. The van der Waals surface area contributed by atoms with Crippen LogP contribution in [0.3, 0.4) is 0 Å². The van der Waals surface area contributed by atoms with Gasteiger partial charge in [-0.1, -0.05) is 11.6 Å². The molecule has 7 heteroatoms. The SMILES string of the molecule is COC(=O)C(C)(C)Oc1cc(Cl)nc(Cl)n1. The van der Waals surface area contributed by atoms with E-state index in [1.54, 1.807) is 13.8 Å². The largest absolute Gasteiger partial charge is 0.466 e. The van der Waals surface area contributed by atoms with Gasteiger partial charge in [-0.25, -0.2) is 9.78 Å². The second-order valence-corrected chi connectivity index (χ2v) is 4.13. The van der Waals surface area contributed by atoms with E-state index in [1.807, 2.05) is 0 Å². The van der Waals surface area contributed by atoms with Gasteiger partial charge < -0.3 is 9.47 Å². The van der Waals surface area contributed by atoms with E-state index >= 15 is 0 Å². The van der Waals surface area contributed by atoms with Crippen LogP contribution in [0.5, 0.6) is 5.88 Å². The Morgan fingerprint density at radius 3 is 2.50 bits per heavy atom. The molecule has 0 atom stereocenters. The van der Waals surface area contributed by atoms with Gasteiger partial charge in [-0.2, -0.15) is 4.98 Å². The van der Waals surface area contributed by atoms with Crippen molar-refractivity contribution in [2.75, 3.05) is 7.11 Å². The number of aromatic nitrogens is 2. The molecule has 0 spiro atoms. The Kier molecular flexibility index (Phi) is 3.93. The fourth-order valence-electron chi connectivity index (χ4n) is 0.972. The third-order valence-electron chi connectivity index (χ3n) is 1.68. The van der Waals surface area contributed by atoms with Crippen LogP contribution in [0.1, 0.15) is 13.8 Å². The van der Waals surface area contributed by atoms with Crippen molar-refractivity contribution in [3.05, 3.63) is 16.5 Å². The van der Waals surface area contributed by atoms with E-state index in [9.17, 15) is 4.79 Å². The smallest absolute Gasteiger partial charge is 0.349 e. The average Bonchev–Trinajstić information content (AvgIpc) is 2.13. The average molecular weight is 265 g/mol. The second-order valence-electron chi connectivity index (χ2n) is 3.40. The first kappa shape index (κ1) is 13.0. The Morgan fingerprint density at radius 2 is 2.00 bits per heavy atom. The molecule has 0 fully saturated rings. The lowest BCUT2D eigenvalue weighted by atomic mass is 10.1. The molecular formula is C9H10Cl2N2O3. The number of methoxy groups -OCH3 is 1. The van der Waals surface area contributed by atoms with Crippen LogP contribution in [0.2, 0.25) is 10.4 Å². The highest BCUT2D eigenvalue weighted by atomic mass is 35.5. The molecule has 0 bridgehead atoms. The molecule has 0 aromatic carbocycles. The molecule has 0 saturated carbocycles. The molecule has 0 aliphatic heterocycles. The van der Waals surface area contributed by atoms with Crippen molar-refractivity contribution in [3.8, 4) is 5.88 Å². The number of nitrogens with zero attached hydrogens (tertiary/aromatic N) is 2. The number of esters is 1. The summed E-state index contributed by atoms with van der Waals surface area (Å²) in [6, 6.07) is 1.36. The van der Waals surface area contributed by atoms with Gasteiger partial charge in [0, 0.05) is 6.07 Å². The van der Waals surface area contributed by atoms with Gasteiger partial charge in [-0.05, 0) is 25.4 Å². The molecule has 0 aliphatic carbocycles. The van der Waals surface area contributed by atoms with E-state index in [4.69, 9.17) is 27.9 Å². The first-order chi connectivity index (χ1) is 7.35. The summed E-state index contributed by atoms with van der Waals surface area (Å²) in [6.07, 6.45) is 0. The normalized spacial score (nSPS) is 11.1. The molecule has 0 radical (unpaired) electrons. The van der Waals surface area contributed by atoms with Crippen LogP contribution >= 0.6 is 23.2 Å². The number of carbonyl (C=O) groups excluding carboxylic acids is 1. The molecule has 88 valence electrons. The maximum absolute atomic E-state index is 11.4. The number of hydrogen-bond acceptors (Lipinski definition) is 5. The summed E-state index contributed by atoms with van der Waals surface area (Å²) in [5.74, 6) is -0.418. The van der Waals surface area contributed by atoms with Gasteiger partial charge in [0.15, 0.2) is 0 Å². The van der Waals surface area contributed by atoms with Crippen LogP contribution in [0.4, 0.5) is 0 Å². The molecule has 5 nitrogen and oxygen atoms in total. The fourth-order valence-corrected chi connectivity index (χ4v) is 1.36. The summed E-state index contributed by atoms with van der Waals surface area (Å²) < 4.78 is 9.90. The van der Waals surface area contributed by atoms with Crippen molar-refractivity contribution >= 4 is 29.2 Å². The Morgan fingerprint density at radius 1 is 1.38 bits per heavy atom. The molecule has 16 heavy (non-hydrogen) atoms. The maximum atomic E-state index is 11.4. The van der Waals surface area contributed by atoms with Gasteiger partial charge in [-0.3, -0.25) is 0 Å². The van der Waals surface area contributed by atoms with Crippen LogP contribution < -0.4 is 4.74 Å². The van der Waals surface area contributed by atoms with Crippen molar-refractivity contribution in [2.24, 2.45) is 0 Å². The summed E-state index contributed by atoms with van der Waals surface area (Å²) in [7, 11) is 1.27. The third kappa shape index (κ3) is 3.21. The second kappa shape index (κ2) is 4.84. The third-order valence-corrected chi connectivity index (χ3v) is 2.04. The molecule has 0 unspecified atom stereocenters. The first-order valence-electron chi connectivity index (χ1n) is 4.32. The summed E-state index contributed by atoms with van der Waals surface area (Å²) in [6.45, 7) is 3.09. The number of halogens is 2. The topological polar surface area (TPSA) is 61.3 Å². The van der Waals surface area contributed by atoms with Crippen molar-refractivity contribution < 1.29 is 14.3 Å². The minimum Gasteiger partial charge on any atom is -0.466 e. The van der Waals surface area contributed by atoms with Crippen LogP contribution in [0.15, 0.2) is 6.07 Å². The first-order valence-corrected chi connectivity index (χ1v) is 5.08. The Balaban J connectivity index is 2.91. The Labute approximate surface area is 103 Å². The minimum atomic E-state index is -1.17. The van der Waals surface area contributed by atoms with E-state index in [0.29, 0.717) is 0 Å². The van der Waals surface area contributed by atoms with Gasteiger partial charge in [0.2, 0.25) is 16.8 Å². The number of hydrogen-bond donors (Lipinski definition) is 0. The van der Waals surface area contributed by atoms with Crippen molar-refractivity contribution in [3.63, 3.8) is 0 Å². The van der Waals surface area contributed by atoms with Crippen LogP contribution in [0.25, 0.3) is 0 Å². The summed E-state index contributed by atoms with van der Waals surface area (Å²) in [5.41, 5.74) is -1.17. The zero-order valence-corrected chi connectivity index (χ0v) is 10.5. The predicted molar refractivity (Wildman–Crippen MR) is 58.8 cm³/mol. The molecule has 1 rings (SSSR count). The lowest BCUT2D eigenvalue weighted by Gasteiger charge is -2.22. The van der Waals surface area contributed by atoms with Gasteiger partial charge in [0.05, 0.1) is 7.11 Å². The standard InChI is InChI=1S/C9H10Cl2N2O3/c1-9(2,7(14)15-3)16-6-4-5(10)12-8(11)13-6/h4H,1-3H3. The molecule has 1 aromatic rings. The van der Waals surface area contributed by atoms with Crippen LogP contribution in [0, 0.1) is 0 Å². The summed E-state index contributed by atoms with van der Waals surface area (Å²) in [4.78, 5) is 18.8. The van der Waals surface area contributed by atoms with Gasteiger partial charge in [-0.15, -0.1) is 0 Å². The van der Waals surface area contributed by atoms with E-state index in [0.717, 1.165) is 0 Å². The van der Waals surface area contributed by atoms with Gasteiger partial charge in [0.25, 0.3) is 0 Å². The molecule has 0 amide bonds. The van der Waals surface area contributed by atoms with Crippen molar-refractivity contribution in [2.45, 2.75) is 19.4 Å². The molecule has 1 heterocycles. The highest BCUT2D eigenvalue weighted by molar-refractivity contribution is 6.31. The van der Waals surface area contributed by atoms with Crippen molar-refractivity contribution in [1.29, 1.82) is 0 Å². The van der Waals surface area contributed by atoms with Crippen molar-refractivity contribution in [1.82, 2.24) is 9.97 Å². The van der Waals surface area contributed by atoms with E-state index in [-0.39, 0.29) is 16.3 Å². The maximum Gasteiger partial charge on any atom is 0.349 e. The highest BCUT2D eigenvalue weighted by Gasteiger charge is 2.31. The Bertz CT molecular complexity index is 389. The zero-order chi connectivity index (χ0) is 12.3. The summed E-state index contributed by atoms with van der Waals surface area (Å²) in [5, 5.41) is 0.0823. The summed E-state index contributed by atoms with van der Waals surface area (Å²) >= 11 is 11.3. The van der Waals surface area contributed by atoms with Crippen LogP contribution in [-0.4, -0.2) is 28.6 Å².